The zero-order valence-electron chi connectivity index (χ0n) is 11.0. The summed E-state index contributed by atoms with van der Waals surface area (Å²) in [4.78, 5) is 11.4. The lowest BCUT2D eigenvalue weighted by Gasteiger charge is -2.23. The fourth-order valence-corrected chi connectivity index (χ4v) is 2.51. The van der Waals surface area contributed by atoms with Gasteiger partial charge in [0.15, 0.2) is 0 Å². The van der Waals surface area contributed by atoms with Crippen LogP contribution in [0.1, 0.15) is 12.5 Å². The maximum Gasteiger partial charge on any atom is 0.326 e. The maximum absolute atomic E-state index is 13.0. The summed E-state index contributed by atoms with van der Waals surface area (Å²) in [6, 6.07) is 3.68. The number of sulfonamides is 1. The Morgan fingerprint density at radius 3 is 2.53 bits per heavy atom. The van der Waals surface area contributed by atoms with Crippen molar-refractivity contribution in [2.24, 2.45) is 0 Å². The Morgan fingerprint density at radius 2 is 2.05 bits per heavy atom. The second-order valence-electron chi connectivity index (χ2n) is 4.01. The fraction of sp³-hybridized carbons (Fsp3) is 0.417. The molecule has 0 aliphatic rings. The number of carbonyl (C=O) groups is 1. The van der Waals surface area contributed by atoms with Gasteiger partial charge in [0.05, 0.1) is 18.6 Å². The molecule has 0 aromatic heterocycles. The molecule has 0 fully saturated rings. The highest BCUT2D eigenvalue weighted by atomic mass is 32.2. The number of anilines is 1. The minimum Gasteiger partial charge on any atom is -0.465 e. The van der Waals surface area contributed by atoms with Crippen molar-refractivity contribution in [3.05, 3.63) is 29.6 Å². The molecule has 5 nitrogen and oxygen atoms in total. The Kier molecular flexibility index (Phi) is 4.88. The van der Waals surface area contributed by atoms with Gasteiger partial charge in [-0.1, -0.05) is 0 Å². The molecule has 0 saturated carbocycles. The summed E-state index contributed by atoms with van der Waals surface area (Å²) in [6.45, 7) is 2.94. The minimum atomic E-state index is -3.66. The van der Waals surface area contributed by atoms with Gasteiger partial charge in [-0.05, 0) is 37.6 Å². The van der Waals surface area contributed by atoms with Gasteiger partial charge in [0.1, 0.15) is 12.4 Å². The number of nitrogens with zero attached hydrogens (tertiary/aromatic N) is 1. The molecule has 0 aliphatic heterocycles. The summed E-state index contributed by atoms with van der Waals surface area (Å²) in [5, 5.41) is 0. The SMILES string of the molecule is CCOC(=O)CN(c1ccc(F)cc1C)S(C)(=O)=O. The van der Waals surface area contributed by atoms with Crippen LogP contribution >= 0.6 is 0 Å². The lowest BCUT2D eigenvalue weighted by atomic mass is 10.2. The van der Waals surface area contributed by atoms with E-state index in [4.69, 9.17) is 4.74 Å². The van der Waals surface area contributed by atoms with E-state index in [0.717, 1.165) is 16.6 Å². The van der Waals surface area contributed by atoms with Crippen LogP contribution in [0.3, 0.4) is 0 Å². The second kappa shape index (κ2) is 6.01. The molecule has 0 spiro atoms. The Bertz CT molecular complexity index is 571. The molecule has 19 heavy (non-hydrogen) atoms. The number of hydrogen-bond donors (Lipinski definition) is 0. The predicted octanol–water partition coefficient (Wildman–Crippen LogP) is 1.46. The van der Waals surface area contributed by atoms with Crippen molar-refractivity contribution >= 4 is 21.7 Å². The van der Waals surface area contributed by atoms with E-state index >= 15 is 0 Å². The van der Waals surface area contributed by atoms with Gasteiger partial charge < -0.3 is 4.74 Å². The Balaban J connectivity index is 3.14. The third-order valence-electron chi connectivity index (χ3n) is 2.41. The molecule has 0 atom stereocenters. The number of aryl methyl sites for hydroxylation is 1. The predicted molar refractivity (Wildman–Crippen MR) is 70.0 cm³/mol. The van der Waals surface area contributed by atoms with E-state index < -0.39 is 28.4 Å². The number of esters is 1. The standard InChI is InChI=1S/C12H16FNO4S/c1-4-18-12(15)8-14(19(3,16)17)11-6-5-10(13)7-9(11)2/h5-7H,4,8H2,1-3H3. The van der Waals surface area contributed by atoms with Crippen LogP contribution in [0.2, 0.25) is 0 Å². The molecular weight excluding hydrogens is 273 g/mol. The van der Waals surface area contributed by atoms with Gasteiger partial charge in [0.25, 0.3) is 0 Å². The summed E-state index contributed by atoms with van der Waals surface area (Å²) < 4.78 is 42.1. The van der Waals surface area contributed by atoms with Crippen molar-refractivity contribution in [2.45, 2.75) is 13.8 Å². The number of hydrogen-bond acceptors (Lipinski definition) is 4. The van der Waals surface area contributed by atoms with Crippen molar-refractivity contribution in [2.75, 3.05) is 23.7 Å². The maximum atomic E-state index is 13.0. The van der Waals surface area contributed by atoms with E-state index in [1.165, 1.54) is 12.1 Å². The zero-order valence-corrected chi connectivity index (χ0v) is 11.8. The van der Waals surface area contributed by atoms with Crippen LogP contribution < -0.4 is 4.31 Å². The van der Waals surface area contributed by atoms with Crippen LogP contribution in [0.25, 0.3) is 0 Å². The average molecular weight is 289 g/mol. The Morgan fingerprint density at radius 1 is 1.42 bits per heavy atom. The van der Waals surface area contributed by atoms with Crippen LogP contribution in [0, 0.1) is 12.7 Å². The Hall–Kier alpha value is -1.63. The normalized spacial score (nSPS) is 11.2. The molecule has 0 amide bonds. The fourth-order valence-electron chi connectivity index (χ4n) is 1.60. The molecule has 0 aliphatic carbocycles. The van der Waals surface area contributed by atoms with Gasteiger partial charge in [-0.15, -0.1) is 0 Å². The summed E-state index contributed by atoms with van der Waals surface area (Å²) >= 11 is 0. The van der Waals surface area contributed by atoms with Crippen LogP contribution in [-0.2, 0) is 19.6 Å². The first kappa shape index (κ1) is 15.4. The molecular formula is C12H16FNO4S. The summed E-state index contributed by atoms with van der Waals surface area (Å²) in [5.74, 6) is -1.12. The molecule has 1 aromatic rings. The quantitative estimate of drug-likeness (QED) is 0.770. The molecule has 0 bridgehead atoms. The van der Waals surface area contributed by atoms with Crippen molar-refractivity contribution < 1.29 is 22.3 Å². The van der Waals surface area contributed by atoms with E-state index in [1.807, 2.05) is 0 Å². The first-order chi connectivity index (χ1) is 8.75. The molecule has 1 aromatic carbocycles. The first-order valence-electron chi connectivity index (χ1n) is 5.65. The number of rotatable bonds is 5. The summed E-state index contributed by atoms with van der Waals surface area (Å²) in [7, 11) is -3.66. The van der Waals surface area contributed by atoms with Crippen LogP contribution in [0.5, 0.6) is 0 Å². The molecule has 106 valence electrons. The molecule has 0 N–H and O–H groups in total. The van der Waals surface area contributed by atoms with Crippen LogP contribution in [0.4, 0.5) is 10.1 Å². The summed E-state index contributed by atoms with van der Waals surface area (Å²) in [6.07, 6.45) is 0.981. The number of carbonyl (C=O) groups excluding carboxylic acids is 1. The molecule has 0 heterocycles. The van der Waals surface area contributed by atoms with E-state index in [-0.39, 0.29) is 12.3 Å². The number of benzene rings is 1. The molecule has 0 saturated heterocycles. The number of halogens is 1. The van der Waals surface area contributed by atoms with Gasteiger partial charge in [0, 0.05) is 0 Å². The third-order valence-corrected chi connectivity index (χ3v) is 3.53. The van der Waals surface area contributed by atoms with Crippen LogP contribution in [-0.4, -0.2) is 33.8 Å². The second-order valence-corrected chi connectivity index (χ2v) is 5.91. The topological polar surface area (TPSA) is 63.7 Å². The van der Waals surface area contributed by atoms with E-state index in [9.17, 15) is 17.6 Å². The molecule has 0 radical (unpaired) electrons. The smallest absolute Gasteiger partial charge is 0.326 e. The van der Waals surface area contributed by atoms with Gasteiger partial charge in [-0.25, -0.2) is 12.8 Å². The van der Waals surface area contributed by atoms with Crippen molar-refractivity contribution in [1.29, 1.82) is 0 Å². The Labute approximate surface area is 112 Å². The average Bonchev–Trinajstić information content (AvgIpc) is 2.25. The van der Waals surface area contributed by atoms with Gasteiger partial charge in [-0.2, -0.15) is 0 Å². The highest BCUT2D eigenvalue weighted by molar-refractivity contribution is 7.92. The van der Waals surface area contributed by atoms with Gasteiger partial charge in [0.2, 0.25) is 10.0 Å². The van der Waals surface area contributed by atoms with E-state index in [0.29, 0.717) is 5.56 Å². The van der Waals surface area contributed by atoms with E-state index in [2.05, 4.69) is 0 Å². The largest absolute Gasteiger partial charge is 0.465 e. The minimum absolute atomic E-state index is 0.166. The van der Waals surface area contributed by atoms with Gasteiger partial charge >= 0.3 is 5.97 Å². The highest BCUT2D eigenvalue weighted by Gasteiger charge is 2.23. The van der Waals surface area contributed by atoms with Crippen molar-refractivity contribution in [3.63, 3.8) is 0 Å². The highest BCUT2D eigenvalue weighted by Crippen LogP contribution is 2.23. The van der Waals surface area contributed by atoms with Crippen LogP contribution in [0.15, 0.2) is 18.2 Å². The lowest BCUT2D eigenvalue weighted by Crippen LogP contribution is -2.36. The monoisotopic (exact) mass is 289 g/mol. The first-order valence-corrected chi connectivity index (χ1v) is 7.50. The van der Waals surface area contributed by atoms with E-state index in [1.54, 1.807) is 13.8 Å². The van der Waals surface area contributed by atoms with Gasteiger partial charge in [-0.3, -0.25) is 9.10 Å². The zero-order chi connectivity index (χ0) is 14.6. The molecule has 1 rings (SSSR count). The summed E-state index contributed by atoms with van der Waals surface area (Å²) in [5.41, 5.74) is 0.687. The lowest BCUT2D eigenvalue weighted by molar-refractivity contribution is -0.141. The molecule has 0 unspecified atom stereocenters. The molecule has 7 heteroatoms. The number of ether oxygens (including phenoxy) is 1. The van der Waals surface area contributed by atoms with Crippen molar-refractivity contribution in [1.82, 2.24) is 0 Å². The van der Waals surface area contributed by atoms with Crippen molar-refractivity contribution in [3.8, 4) is 0 Å². The third kappa shape index (κ3) is 4.20.